The van der Waals surface area contributed by atoms with E-state index in [9.17, 15) is 0 Å². The molecule has 0 spiro atoms. The molecule has 1 N–H and O–H groups in total. The zero-order chi connectivity index (χ0) is 11.9. The van der Waals surface area contributed by atoms with Crippen LogP contribution in [0.3, 0.4) is 0 Å². The first-order chi connectivity index (χ1) is 8.38. The average Bonchev–Trinajstić information content (AvgIpc) is 2.85. The van der Waals surface area contributed by atoms with Gasteiger partial charge in [0.25, 0.3) is 0 Å². The van der Waals surface area contributed by atoms with Crippen molar-refractivity contribution in [2.24, 2.45) is 0 Å². The summed E-state index contributed by atoms with van der Waals surface area (Å²) in [7, 11) is 0. The summed E-state index contributed by atoms with van der Waals surface area (Å²) in [5, 5.41) is 3.34. The number of nitrogens with one attached hydrogen (secondary N) is 1. The predicted molar refractivity (Wildman–Crippen MR) is 67.5 cm³/mol. The molecule has 1 aromatic heterocycles. The van der Waals surface area contributed by atoms with Crippen molar-refractivity contribution in [2.75, 3.05) is 25.1 Å². The third kappa shape index (κ3) is 3.89. The van der Waals surface area contributed by atoms with E-state index in [0.717, 1.165) is 25.3 Å². The van der Waals surface area contributed by atoms with Gasteiger partial charge in [-0.15, -0.1) is 0 Å². The fourth-order valence-corrected chi connectivity index (χ4v) is 1.97. The fourth-order valence-electron chi connectivity index (χ4n) is 1.97. The normalized spacial score (nSPS) is 19.2. The third-order valence-corrected chi connectivity index (χ3v) is 2.85. The van der Waals surface area contributed by atoms with Crippen molar-refractivity contribution in [3.8, 4) is 5.88 Å². The van der Waals surface area contributed by atoms with Gasteiger partial charge in [-0.1, -0.05) is 0 Å². The first-order valence-electron chi connectivity index (χ1n) is 6.33. The van der Waals surface area contributed by atoms with E-state index < -0.39 is 0 Å². The van der Waals surface area contributed by atoms with Crippen LogP contribution in [-0.4, -0.2) is 30.8 Å². The number of nitrogens with zero attached hydrogens (tertiary/aromatic N) is 1. The number of ether oxygens (including phenoxy) is 2. The van der Waals surface area contributed by atoms with Crippen molar-refractivity contribution in [3.05, 3.63) is 18.3 Å². The van der Waals surface area contributed by atoms with Crippen LogP contribution < -0.4 is 10.1 Å². The van der Waals surface area contributed by atoms with Gasteiger partial charge in [-0.25, -0.2) is 4.98 Å². The van der Waals surface area contributed by atoms with Crippen molar-refractivity contribution < 1.29 is 9.47 Å². The van der Waals surface area contributed by atoms with Crippen molar-refractivity contribution in [2.45, 2.75) is 32.3 Å². The van der Waals surface area contributed by atoms with E-state index >= 15 is 0 Å². The summed E-state index contributed by atoms with van der Waals surface area (Å²) in [4.78, 5) is 4.20. The Labute approximate surface area is 102 Å². The molecular formula is C13H20N2O2. The molecule has 4 heteroatoms. The molecule has 4 nitrogen and oxygen atoms in total. The largest absolute Gasteiger partial charge is 0.478 e. The zero-order valence-electron chi connectivity index (χ0n) is 10.3. The summed E-state index contributed by atoms with van der Waals surface area (Å²) in [6, 6.07) is 3.88. The lowest BCUT2D eigenvalue weighted by Gasteiger charge is -2.11. The van der Waals surface area contributed by atoms with Crippen LogP contribution in [0, 0.1) is 0 Å². The number of hydrogen-bond acceptors (Lipinski definition) is 4. The highest BCUT2D eigenvalue weighted by atomic mass is 16.5. The summed E-state index contributed by atoms with van der Waals surface area (Å²) in [5.74, 6) is 0.678. The minimum atomic E-state index is 0.443. The smallest absolute Gasteiger partial charge is 0.213 e. The molecular weight excluding hydrogens is 216 g/mol. The molecule has 0 amide bonds. The summed E-state index contributed by atoms with van der Waals surface area (Å²) in [6.45, 7) is 4.46. The molecule has 1 atom stereocenters. The number of hydrogen-bond donors (Lipinski definition) is 1. The van der Waals surface area contributed by atoms with Crippen LogP contribution in [0.1, 0.15) is 26.2 Å². The van der Waals surface area contributed by atoms with Gasteiger partial charge in [-0.3, -0.25) is 0 Å². The number of pyridine rings is 1. The molecule has 17 heavy (non-hydrogen) atoms. The van der Waals surface area contributed by atoms with E-state index in [2.05, 4.69) is 10.3 Å². The molecule has 1 aromatic rings. The molecule has 0 saturated carbocycles. The fraction of sp³-hybridized carbons (Fsp3) is 0.615. The second kappa shape index (κ2) is 6.45. The van der Waals surface area contributed by atoms with Crippen molar-refractivity contribution in [1.29, 1.82) is 0 Å². The maximum absolute atomic E-state index is 5.57. The van der Waals surface area contributed by atoms with Gasteiger partial charge in [0.1, 0.15) is 0 Å². The van der Waals surface area contributed by atoms with E-state index in [1.165, 1.54) is 12.8 Å². The number of rotatable bonds is 6. The van der Waals surface area contributed by atoms with Crippen LogP contribution in [0.25, 0.3) is 0 Å². The Balaban J connectivity index is 1.70. The van der Waals surface area contributed by atoms with Gasteiger partial charge in [0.05, 0.1) is 24.6 Å². The highest BCUT2D eigenvalue weighted by Crippen LogP contribution is 2.16. The van der Waals surface area contributed by atoms with Crippen molar-refractivity contribution in [1.82, 2.24) is 4.98 Å². The molecule has 2 rings (SSSR count). The van der Waals surface area contributed by atoms with Gasteiger partial charge in [-0.2, -0.15) is 0 Å². The number of aromatic nitrogens is 1. The molecule has 1 aliphatic heterocycles. The zero-order valence-corrected chi connectivity index (χ0v) is 10.3. The Morgan fingerprint density at radius 3 is 3.12 bits per heavy atom. The SMILES string of the molecule is CCOc1ccc(NCCC2CCCO2)cn1. The van der Waals surface area contributed by atoms with Gasteiger partial charge in [0.2, 0.25) is 5.88 Å². The molecule has 1 saturated heterocycles. The summed E-state index contributed by atoms with van der Waals surface area (Å²) >= 11 is 0. The molecule has 1 aliphatic rings. The van der Waals surface area contributed by atoms with Gasteiger partial charge in [0, 0.05) is 19.2 Å². The monoisotopic (exact) mass is 236 g/mol. The first kappa shape index (κ1) is 12.2. The maximum Gasteiger partial charge on any atom is 0.213 e. The lowest BCUT2D eigenvalue weighted by molar-refractivity contribution is 0.107. The van der Waals surface area contributed by atoms with Crippen LogP contribution in [0.4, 0.5) is 5.69 Å². The van der Waals surface area contributed by atoms with Gasteiger partial charge < -0.3 is 14.8 Å². The van der Waals surface area contributed by atoms with Crippen LogP contribution in [0.2, 0.25) is 0 Å². The third-order valence-electron chi connectivity index (χ3n) is 2.85. The Bertz CT molecular complexity index is 321. The lowest BCUT2D eigenvalue weighted by atomic mass is 10.2. The van der Waals surface area contributed by atoms with Gasteiger partial charge >= 0.3 is 0 Å². The quantitative estimate of drug-likeness (QED) is 0.824. The van der Waals surface area contributed by atoms with Gasteiger partial charge in [-0.05, 0) is 32.3 Å². The molecule has 2 heterocycles. The van der Waals surface area contributed by atoms with Crippen molar-refractivity contribution >= 4 is 5.69 Å². The highest BCUT2D eigenvalue weighted by Gasteiger charge is 2.14. The second-order valence-corrected chi connectivity index (χ2v) is 4.17. The molecule has 0 aromatic carbocycles. The van der Waals surface area contributed by atoms with E-state index in [1.807, 2.05) is 19.1 Å². The van der Waals surface area contributed by atoms with E-state index in [-0.39, 0.29) is 0 Å². The van der Waals surface area contributed by atoms with Crippen molar-refractivity contribution in [3.63, 3.8) is 0 Å². The predicted octanol–water partition coefficient (Wildman–Crippen LogP) is 2.46. The van der Waals surface area contributed by atoms with E-state index in [1.54, 1.807) is 6.20 Å². The summed E-state index contributed by atoms with van der Waals surface area (Å²) in [5.41, 5.74) is 1.03. The van der Waals surface area contributed by atoms with Crippen LogP contribution in [-0.2, 0) is 4.74 Å². The van der Waals surface area contributed by atoms with E-state index in [4.69, 9.17) is 9.47 Å². The Kier molecular flexibility index (Phi) is 4.62. The Morgan fingerprint density at radius 1 is 1.53 bits per heavy atom. The van der Waals surface area contributed by atoms with E-state index in [0.29, 0.717) is 18.6 Å². The minimum Gasteiger partial charge on any atom is -0.478 e. The minimum absolute atomic E-state index is 0.443. The highest BCUT2D eigenvalue weighted by molar-refractivity contribution is 5.41. The lowest BCUT2D eigenvalue weighted by Crippen LogP contribution is -2.12. The molecule has 0 radical (unpaired) electrons. The average molecular weight is 236 g/mol. The molecule has 1 unspecified atom stereocenters. The van der Waals surface area contributed by atoms with Gasteiger partial charge in [0.15, 0.2) is 0 Å². The molecule has 0 aliphatic carbocycles. The maximum atomic E-state index is 5.57. The molecule has 1 fully saturated rings. The Hall–Kier alpha value is -1.29. The van der Waals surface area contributed by atoms with Crippen LogP contribution in [0.5, 0.6) is 5.88 Å². The van der Waals surface area contributed by atoms with Crippen LogP contribution >= 0.6 is 0 Å². The standard InChI is InChI=1S/C13H20N2O2/c1-2-16-13-6-5-11(10-15-13)14-8-7-12-4-3-9-17-12/h5-6,10,12,14H,2-4,7-9H2,1H3. The summed E-state index contributed by atoms with van der Waals surface area (Å²) < 4.78 is 10.9. The number of anilines is 1. The molecule has 94 valence electrons. The second-order valence-electron chi connectivity index (χ2n) is 4.17. The molecule has 0 bridgehead atoms. The summed E-state index contributed by atoms with van der Waals surface area (Å²) in [6.07, 6.45) is 5.71. The van der Waals surface area contributed by atoms with Crippen LogP contribution in [0.15, 0.2) is 18.3 Å². The topological polar surface area (TPSA) is 43.4 Å². The Morgan fingerprint density at radius 2 is 2.47 bits per heavy atom. The first-order valence-corrected chi connectivity index (χ1v) is 6.33.